The standard InChI is InChI=1S/C18H31N3O4/c1-19-16(22)6-8-18(24-2)7-4-10-21(15-18)17(23)5-3-9-20-11-13-25-14-12-20/h3,5H,4,6-15H2,1-2H3,(H,19,22)/b5-3+. The lowest BCUT2D eigenvalue weighted by atomic mass is 9.87. The van der Waals surface area contributed by atoms with E-state index < -0.39 is 5.60 Å². The number of rotatable bonds is 7. The second kappa shape index (κ2) is 9.89. The molecule has 2 rings (SSSR count). The Morgan fingerprint density at radius 3 is 2.72 bits per heavy atom. The van der Waals surface area contributed by atoms with Gasteiger partial charge in [0.25, 0.3) is 0 Å². The number of hydrogen-bond donors (Lipinski definition) is 1. The molecule has 2 fully saturated rings. The summed E-state index contributed by atoms with van der Waals surface area (Å²) in [5, 5.41) is 2.64. The average molecular weight is 353 g/mol. The maximum atomic E-state index is 12.5. The molecule has 2 heterocycles. The zero-order chi connectivity index (χ0) is 18.1. The van der Waals surface area contributed by atoms with Gasteiger partial charge in [-0.1, -0.05) is 6.08 Å². The van der Waals surface area contributed by atoms with Crippen LogP contribution in [0.5, 0.6) is 0 Å². The van der Waals surface area contributed by atoms with Gasteiger partial charge < -0.3 is 19.7 Å². The molecular formula is C18H31N3O4. The number of carbonyl (C=O) groups excluding carboxylic acids is 2. The maximum Gasteiger partial charge on any atom is 0.246 e. The highest BCUT2D eigenvalue weighted by Gasteiger charge is 2.36. The highest BCUT2D eigenvalue weighted by atomic mass is 16.5. The number of hydrogen-bond acceptors (Lipinski definition) is 5. The van der Waals surface area contributed by atoms with Crippen LogP contribution in [0.3, 0.4) is 0 Å². The molecule has 0 aromatic heterocycles. The number of likely N-dealkylation sites (tertiary alicyclic amines) is 1. The van der Waals surface area contributed by atoms with Gasteiger partial charge in [-0.3, -0.25) is 14.5 Å². The van der Waals surface area contributed by atoms with Crippen molar-refractivity contribution in [2.75, 3.05) is 60.1 Å². The molecule has 0 saturated carbocycles. The lowest BCUT2D eigenvalue weighted by Crippen LogP contribution is -2.51. The maximum absolute atomic E-state index is 12.5. The predicted octanol–water partition coefficient (Wildman–Crippen LogP) is 0.409. The molecule has 1 unspecified atom stereocenters. The van der Waals surface area contributed by atoms with E-state index in [1.165, 1.54) is 0 Å². The van der Waals surface area contributed by atoms with Crippen LogP contribution in [-0.2, 0) is 19.1 Å². The fourth-order valence-electron chi connectivity index (χ4n) is 3.42. The molecule has 25 heavy (non-hydrogen) atoms. The fraction of sp³-hybridized carbons (Fsp3) is 0.778. The smallest absolute Gasteiger partial charge is 0.246 e. The van der Waals surface area contributed by atoms with E-state index in [9.17, 15) is 9.59 Å². The minimum atomic E-state index is -0.418. The summed E-state index contributed by atoms with van der Waals surface area (Å²) in [6, 6.07) is 0. The first kappa shape index (κ1) is 19.9. The molecule has 0 aromatic rings. The highest BCUT2D eigenvalue weighted by Crippen LogP contribution is 2.29. The summed E-state index contributed by atoms with van der Waals surface area (Å²) in [5.74, 6) is 0.0274. The van der Waals surface area contributed by atoms with Crippen LogP contribution in [0.1, 0.15) is 25.7 Å². The molecule has 0 spiro atoms. The summed E-state index contributed by atoms with van der Waals surface area (Å²) in [6.45, 7) is 5.40. The molecule has 0 radical (unpaired) electrons. The summed E-state index contributed by atoms with van der Waals surface area (Å²) in [4.78, 5) is 28.2. The Morgan fingerprint density at radius 2 is 2.04 bits per heavy atom. The van der Waals surface area contributed by atoms with Gasteiger partial charge in [-0.05, 0) is 19.3 Å². The summed E-state index contributed by atoms with van der Waals surface area (Å²) in [6.07, 6.45) is 6.41. The molecule has 2 saturated heterocycles. The first-order valence-electron chi connectivity index (χ1n) is 9.10. The van der Waals surface area contributed by atoms with E-state index in [0.717, 1.165) is 52.2 Å². The second-order valence-corrected chi connectivity index (χ2v) is 6.74. The first-order valence-corrected chi connectivity index (χ1v) is 9.10. The quantitative estimate of drug-likeness (QED) is 0.671. The van der Waals surface area contributed by atoms with Crippen molar-refractivity contribution in [3.8, 4) is 0 Å². The van der Waals surface area contributed by atoms with Crippen LogP contribution in [0.2, 0.25) is 0 Å². The Labute approximate surface area is 150 Å². The third-order valence-corrected chi connectivity index (χ3v) is 5.10. The predicted molar refractivity (Wildman–Crippen MR) is 95.3 cm³/mol. The van der Waals surface area contributed by atoms with E-state index in [2.05, 4.69) is 10.2 Å². The Kier molecular flexibility index (Phi) is 7.87. The largest absolute Gasteiger partial charge is 0.379 e. The molecule has 2 aliphatic rings. The summed E-state index contributed by atoms with van der Waals surface area (Å²) in [5.41, 5.74) is -0.418. The van der Waals surface area contributed by atoms with Gasteiger partial charge in [0.15, 0.2) is 0 Å². The van der Waals surface area contributed by atoms with Gasteiger partial charge in [-0.15, -0.1) is 0 Å². The Morgan fingerprint density at radius 1 is 1.28 bits per heavy atom. The molecular weight excluding hydrogens is 322 g/mol. The van der Waals surface area contributed by atoms with Crippen molar-refractivity contribution in [1.82, 2.24) is 15.1 Å². The van der Waals surface area contributed by atoms with Gasteiger partial charge in [-0.25, -0.2) is 0 Å². The number of amides is 2. The molecule has 0 aliphatic carbocycles. The first-order chi connectivity index (χ1) is 12.1. The molecule has 0 bridgehead atoms. The van der Waals surface area contributed by atoms with Gasteiger partial charge in [0.05, 0.1) is 18.8 Å². The van der Waals surface area contributed by atoms with E-state index in [1.54, 1.807) is 20.2 Å². The second-order valence-electron chi connectivity index (χ2n) is 6.74. The third-order valence-electron chi connectivity index (χ3n) is 5.10. The third kappa shape index (κ3) is 6.09. The fourth-order valence-corrected chi connectivity index (χ4v) is 3.42. The lowest BCUT2D eigenvalue weighted by Gasteiger charge is -2.41. The van der Waals surface area contributed by atoms with Crippen LogP contribution in [0.15, 0.2) is 12.2 Å². The molecule has 1 atom stereocenters. The van der Waals surface area contributed by atoms with E-state index in [-0.39, 0.29) is 11.8 Å². The van der Waals surface area contributed by atoms with Gasteiger partial charge in [0, 0.05) is 59.4 Å². The molecule has 2 amide bonds. The zero-order valence-electron chi connectivity index (χ0n) is 15.5. The summed E-state index contributed by atoms with van der Waals surface area (Å²) < 4.78 is 11.1. The van der Waals surface area contributed by atoms with E-state index in [4.69, 9.17) is 9.47 Å². The zero-order valence-corrected chi connectivity index (χ0v) is 15.5. The lowest BCUT2D eigenvalue weighted by molar-refractivity contribution is -0.137. The van der Waals surface area contributed by atoms with Crippen LogP contribution < -0.4 is 5.32 Å². The topological polar surface area (TPSA) is 71.1 Å². The van der Waals surface area contributed by atoms with Crippen LogP contribution in [-0.4, -0.2) is 87.3 Å². The van der Waals surface area contributed by atoms with E-state index in [0.29, 0.717) is 19.4 Å². The van der Waals surface area contributed by atoms with Crippen LogP contribution in [0.25, 0.3) is 0 Å². The highest BCUT2D eigenvalue weighted by molar-refractivity contribution is 5.87. The van der Waals surface area contributed by atoms with Crippen molar-refractivity contribution >= 4 is 11.8 Å². The van der Waals surface area contributed by atoms with Crippen LogP contribution >= 0.6 is 0 Å². The minimum absolute atomic E-state index is 0.00489. The van der Waals surface area contributed by atoms with Crippen molar-refractivity contribution < 1.29 is 19.1 Å². The van der Waals surface area contributed by atoms with Gasteiger partial charge in [-0.2, -0.15) is 0 Å². The van der Waals surface area contributed by atoms with Crippen molar-refractivity contribution in [3.05, 3.63) is 12.2 Å². The summed E-state index contributed by atoms with van der Waals surface area (Å²) in [7, 11) is 3.31. The molecule has 2 aliphatic heterocycles. The molecule has 7 nitrogen and oxygen atoms in total. The Hall–Kier alpha value is -1.44. The normalized spacial score (nSPS) is 25.3. The molecule has 1 N–H and O–H groups in total. The van der Waals surface area contributed by atoms with E-state index >= 15 is 0 Å². The van der Waals surface area contributed by atoms with Crippen LogP contribution in [0.4, 0.5) is 0 Å². The monoisotopic (exact) mass is 353 g/mol. The number of nitrogens with zero attached hydrogens (tertiary/aromatic N) is 2. The van der Waals surface area contributed by atoms with Crippen molar-refractivity contribution in [1.29, 1.82) is 0 Å². The summed E-state index contributed by atoms with van der Waals surface area (Å²) >= 11 is 0. The van der Waals surface area contributed by atoms with Gasteiger partial charge in [0.1, 0.15) is 0 Å². The van der Waals surface area contributed by atoms with Crippen molar-refractivity contribution in [2.24, 2.45) is 0 Å². The molecule has 142 valence electrons. The Balaban J connectivity index is 1.85. The number of morpholine rings is 1. The van der Waals surface area contributed by atoms with Crippen LogP contribution in [0, 0.1) is 0 Å². The number of methoxy groups -OCH3 is 1. The Bertz CT molecular complexity index is 477. The molecule has 7 heteroatoms. The van der Waals surface area contributed by atoms with Gasteiger partial charge in [0.2, 0.25) is 11.8 Å². The van der Waals surface area contributed by atoms with Crippen molar-refractivity contribution in [3.63, 3.8) is 0 Å². The number of carbonyl (C=O) groups is 2. The SMILES string of the molecule is CNC(=O)CCC1(OC)CCCN(C(=O)/C=C/CN2CCOCC2)C1. The number of nitrogens with one attached hydrogen (secondary N) is 1. The van der Waals surface area contributed by atoms with Crippen molar-refractivity contribution in [2.45, 2.75) is 31.3 Å². The molecule has 0 aromatic carbocycles. The van der Waals surface area contributed by atoms with Gasteiger partial charge >= 0.3 is 0 Å². The van der Waals surface area contributed by atoms with E-state index in [1.807, 2.05) is 11.0 Å². The average Bonchev–Trinajstić information content (AvgIpc) is 2.67. The number of piperidine rings is 1. The minimum Gasteiger partial charge on any atom is -0.379 e. The number of ether oxygens (including phenoxy) is 2.